The van der Waals surface area contributed by atoms with Crippen LogP contribution in [0.3, 0.4) is 0 Å². The smallest absolute Gasteiger partial charge is 0.269 e. The van der Waals surface area contributed by atoms with Gasteiger partial charge in [0.2, 0.25) is 0 Å². The van der Waals surface area contributed by atoms with E-state index in [0.717, 1.165) is 41.0 Å². The molecule has 0 aliphatic heterocycles. The first kappa shape index (κ1) is 20.7. The van der Waals surface area contributed by atoms with E-state index in [1.54, 1.807) is 31.0 Å². The molecule has 0 amide bonds. The summed E-state index contributed by atoms with van der Waals surface area (Å²) in [6.07, 6.45) is 0.808. The summed E-state index contributed by atoms with van der Waals surface area (Å²) in [5.74, 6) is 2.99. The van der Waals surface area contributed by atoms with Crippen molar-refractivity contribution < 1.29 is 14.4 Å². The van der Waals surface area contributed by atoms with Gasteiger partial charge >= 0.3 is 0 Å². The molecule has 0 saturated carbocycles. The molecule has 1 aromatic heterocycles. The summed E-state index contributed by atoms with van der Waals surface area (Å²) in [4.78, 5) is 10.2. The average Bonchev–Trinajstić information content (AvgIpc) is 3.16. The molecule has 9 heteroatoms. The number of nitrogens with zero attached hydrogens (tertiary/aromatic N) is 4. The first-order valence-corrected chi connectivity index (χ1v) is 10.2. The fraction of sp³-hybridized carbons (Fsp3) is 0.300. The predicted octanol–water partition coefficient (Wildman–Crippen LogP) is 4.44. The fourth-order valence-corrected chi connectivity index (χ4v) is 3.70. The summed E-state index contributed by atoms with van der Waals surface area (Å²) >= 11 is 1.62. The minimum atomic E-state index is -0.427. The summed E-state index contributed by atoms with van der Waals surface area (Å²) in [6.45, 7) is 3.33. The van der Waals surface area contributed by atoms with E-state index >= 15 is 0 Å². The molecule has 0 N–H and O–H groups in total. The Hall–Kier alpha value is -3.07. The molecule has 2 aromatic carbocycles. The van der Waals surface area contributed by atoms with Crippen molar-refractivity contribution in [3.8, 4) is 22.9 Å². The van der Waals surface area contributed by atoms with Gasteiger partial charge in [-0.25, -0.2) is 0 Å². The van der Waals surface area contributed by atoms with E-state index in [1.165, 1.54) is 12.1 Å². The van der Waals surface area contributed by atoms with Crippen LogP contribution in [0.1, 0.15) is 13.3 Å². The predicted molar refractivity (Wildman–Crippen MR) is 112 cm³/mol. The molecular weight excluding hydrogens is 392 g/mol. The summed E-state index contributed by atoms with van der Waals surface area (Å²) < 4.78 is 13.2. The summed E-state index contributed by atoms with van der Waals surface area (Å²) in [5, 5.41) is 20.2. The summed E-state index contributed by atoms with van der Waals surface area (Å²) in [6, 6.07) is 13.9. The maximum atomic E-state index is 10.7. The molecule has 8 nitrogen and oxygen atoms in total. The lowest BCUT2D eigenvalue weighted by Crippen LogP contribution is -2.02. The van der Waals surface area contributed by atoms with Gasteiger partial charge < -0.3 is 14.0 Å². The highest BCUT2D eigenvalue weighted by Crippen LogP contribution is 2.31. The molecule has 0 aliphatic rings. The van der Waals surface area contributed by atoms with Crippen molar-refractivity contribution in [2.75, 3.05) is 19.5 Å². The van der Waals surface area contributed by atoms with Crippen molar-refractivity contribution >= 4 is 17.4 Å². The third kappa shape index (κ3) is 5.05. The number of non-ortho nitro benzene ring substituents is 1. The van der Waals surface area contributed by atoms with E-state index < -0.39 is 4.92 Å². The Bertz CT molecular complexity index is 959. The molecule has 0 aliphatic carbocycles. The molecule has 3 aromatic rings. The largest absolute Gasteiger partial charge is 0.496 e. The van der Waals surface area contributed by atoms with Crippen LogP contribution in [0, 0.1) is 10.1 Å². The Balaban J connectivity index is 1.55. The Morgan fingerprint density at radius 2 is 1.90 bits per heavy atom. The summed E-state index contributed by atoms with van der Waals surface area (Å²) in [7, 11) is 1.64. The van der Waals surface area contributed by atoms with Crippen LogP contribution in [0.4, 0.5) is 5.69 Å². The van der Waals surface area contributed by atoms with E-state index in [1.807, 2.05) is 24.3 Å². The van der Waals surface area contributed by atoms with Crippen LogP contribution >= 0.6 is 11.8 Å². The second kappa shape index (κ2) is 9.92. The molecule has 0 saturated heterocycles. The van der Waals surface area contributed by atoms with E-state index in [9.17, 15) is 10.1 Å². The third-order valence-electron chi connectivity index (χ3n) is 4.22. The number of nitro benzene ring substituents is 1. The van der Waals surface area contributed by atoms with Crippen LogP contribution in [-0.2, 0) is 6.54 Å². The molecule has 3 rings (SSSR count). The molecule has 0 radical (unpaired) electrons. The Morgan fingerprint density at radius 1 is 1.14 bits per heavy atom. The zero-order valence-electron chi connectivity index (χ0n) is 16.3. The zero-order valence-corrected chi connectivity index (χ0v) is 17.1. The SMILES string of the molecule is CCn1c(SCCCOc2ccc([N+](=O)[O-])cc2)nnc1-c1ccccc1OC. The highest BCUT2D eigenvalue weighted by Gasteiger charge is 2.16. The maximum absolute atomic E-state index is 10.7. The minimum Gasteiger partial charge on any atom is -0.496 e. The van der Waals surface area contributed by atoms with E-state index in [4.69, 9.17) is 9.47 Å². The summed E-state index contributed by atoms with van der Waals surface area (Å²) in [5.41, 5.74) is 0.968. The number of hydrogen-bond acceptors (Lipinski definition) is 7. The molecule has 0 atom stereocenters. The zero-order chi connectivity index (χ0) is 20.6. The Kier molecular flexibility index (Phi) is 7.07. The van der Waals surface area contributed by atoms with Crippen LogP contribution in [0.2, 0.25) is 0 Å². The number of thioether (sulfide) groups is 1. The van der Waals surface area contributed by atoms with Crippen LogP contribution in [0.15, 0.2) is 53.7 Å². The van der Waals surface area contributed by atoms with Gasteiger partial charge in [-0.1, -0.05) is 23.9 Å². The quantitative estimate of drug-likeness (QED) is 0.209. The van der Waals surface area contributed by atoms with Gasteiger partial charge in [-0.15, -0.1) is 10.2 Å². The van der Waals surface area contributed by atoms with Gasteiger partial charge in [-0.05, 0) is 37.6 Å². The number of nitro groups is 1. The van der Waals surface area contributed by atoms with Crippen LogP contribution in [0.5, 0.6) is 11.5 Å². The van der Waals surface area contributed by atoms with Crippen molar-refractivity contribution in [3.05, 3.63) is 58.6 Å². The van der Waals surface area contributed by atoms with Gasteiger partial charge in [0.05, 0.1) is 24.2 Å². The second-order valence-electron chi connectivity index (χ2n) is 6.05. The highest BCUT2D eigenvalue weighted by atomic mass is 32.2. The first-order chi connectivity index (χ1) is 14.1. The van der Waals surface area contributed by atoms with Gasteiger partial charge in [0, 0.05) is 24.4 Å². The monoisotopic (exact) mass is 414 g/mol. The molecule has 0 spiro atoms. The fourth-order valence-electron chi connectivity index (χ4n) is 2.79. The molecule has 29 heavy (non-hydrogen) atoms. The van der Waals surface area contributed by atoms with Crippen molar-refractivity contribution in [1.82, 2.24) is 14.8 Å². The van der Waals surface area contributed by atoms with Crippen molar-refractivity contribution in [3.63, 3.8) is 0 Å². The number of aromatic nitrogens is 3. The molecule has 0 unspecified atom stereocenters. The van der Waals surface area contributed by atoms with Crippen LogP contribution in [0.25, 0.3) is 11.4 Å². The van der Waals surface area contributed by atoms with Gasteiger partial charge in [-0.2, -0.15) is 0 Å². The molecule has 152 valence electrons. The number of benzene rings is 2. The van der Waals surface area contributed by atoms with Crippen molar-refractivity contribution in [1.29, 1.82) is 0 Å². The molecule has 0 bridgehead atoms. The lowest BCUT2D eigenvalue weighted by Gasteiger charge is -2.10. The molecule has 0 fully saturated rings. The second-order valence-corrected chi connectivity index (χ2v) is 7.11. The van der Waals surface area contributed by atoms with Gasteiger partial charge in [0.1, 0.15) is 11.5 Å². The number of ether oxygens (including phenoxy) is 2. The number of rotatable bonds is 10. The average molecular weight is 414 g/mol. The molecule has 1 heterocycles. The maximum Gasteiger partial charge on any atom is 0.269 e. The first-order valence-electron chi connectivity index (χ1n) is 9.20. The lowest BCUT2D eigenvalue weighted by atomic mass is 10.2. The topological polar surface area (TPSA) is 92.3 Å². The van der Waals surface area contributed by atoms with E-state index in [2.05, 4.69) is 21.7 Å². The van der Waals surface area contributed by atoms with Gasteiger partial charge in [0.15, 0.2) is 11.0 Å². The number of para-hydroxylation sites is 1. The van der Waals surface area contributed by atoms with E-state index in [-0.39, 0.29) is 5.69 Å². The highest BCUT2D eigenvalue weighted by molar-refractivity contribution is 7.99. The Labute approximate surface area is 173 Å². The number of hydrogen-bond donors (Lipinski definition) is 0. The molecular formula is C20H22N4O4S. The Morgan fingerprint density at radius 3 is 2.59 bits per heavy atom. The van der Waals surface area contributed by atoms with Gasteiger partial charge in [0.25, 0.3) is 5.69 Å². The standard InChI is InChI=1S/C20H22N4O4S/c1-3-23-19(17-7-4-5-8-18(17)27-2)21-22-20(23)29-14-6-13-28-16-11-9-15(10-12-16)24(25)26/h4-5,7-12H,3,6,13-14H2,1-2H3. The lowest BCUT2D eigenvalue weighted by molar-refractivity contribution is -0.384. The van der Waals surface area contributed by atoms with Crippen molar-refractivity contribution in [2.24, 2.45) is 0 Å². The van der Waals surface area contributed by atoms with Crippen molar-refractivity contribution in [2.45, 2.75) is 25.0 Å². The normalized spacial score (nSPS) is 10.7. The van der Waals surface area contributed by atoms with Gasteiger partial charge in [-0.3, -0.25) is 10.1 Å². The van der Waals surface area contributed by atoms with Crippen LogP contribution in [-0.4, -0.2) is 39.2 Å². The minimum absolute atomic E-state index is 0.0534. The number of methoxy groups -OCH3 is 1. The third-order valence-corrected chi connectivity index (χ3v) is 5.27. The van der Waals surface area contributed by atoms with E-state index in [0.29, 0.717) is 12.4 Å². The van der Waals surface area contributed by atoms with Crippen LogP contribution < -0.4 is 9.47 Å².